The molecule has 0 bridgehead atoms. The second-order valence-electron chi connectivity index (χ2n) is 5.04. The zero-order valence-corrected chi connectivity index (χ0v) is 12.9. The first-order chi connectivity index (χ1) is 9.99. The molecule has 0 aromatic heterocycles. The fraction of sp³-hybridized carbons (Fsp3) is 0.500. The van der Waals surface area contributed by atoms with E-state index in [0.717, 1.165) is 12.8 Å². The van der Waals surface area contributed by atoms with Gasteiger partial charge < -0.3 is 10.2 Å². The summed E-state index contributed by atoms with van der Waals surface area (Å²) in [5, 5.41) is 2.76. The van der Waals surface area contributed by atoms with Crippen LogP contribution in [0.2, 0.25) is 0 Å². The fourth-order valence-electron chi connectivity index (χ4n) is 2.05. The molecule has 0 heterocycles. The summed E-state index contributed by atoms with van der Waals surface area (Å²) in [5.74, 6) is -0.772. The number of halogens is 1. The van der Waals surface area contributed by atoms with Gasteiger partial charge in [0.15, 0.2) is 0 Å². The third kappa shape index (κ3) is 5.17. The summed E-state index contributed by atoms with van der Waals surface area (Å²) in [6, 6.07) is 4.07. The highest BCUT2D eigenvalue weighted by atomic mass is 19.1. The van der Waals surface area contributed by atoms with Gasteiger partial charge in [0, 0.05) is 18.7 Å². The summed E-state index contributed by atoms with van der Waals surface area (Å²) in [7, 11) is 0. The molecule has 0 atom stereocenters. The van der Waals surface area contributed by atoms with Gasteiger partial charge in [0.1, 0.15) is 5.82 Å². The van der Waals surface area contributed by atoms with Crippen LogP contribution in [0, 0.1) is 12.7 Å². The van der Waals surface area contributed by atoms with Crippen molar-refractivity contribution < 1.29 is 14.0 Å². The Hall–Kier alpha value is -1.91. The number of carbonyl (C=O) groups excluding carboxylic acids is 2. The lowest BCUT2D eigenvalue weighted by Gasteiger charge is -2.22. The summed E-state index contributed by atoms with van der Waals surface area (Å²) >= 11 is 0. The molecule has 0 aliphatic carbocycles. The van der Waals surface area contributed by atoms with E-state index in [1.165, 1.54) is 23.1 Å². The quantitative estimate of drug-likeness (QED) is 0.840. The second-order valence-corrected chi connectivity index (χ2v) is 5.04. The van der Waals surface area contributed by atoms with Crippen LogP contribution in [0.1, 0.15) is 42.6 Å². The molecule has 0 fully saturated rings. The number of benzene rings is 1. The lowest BCUT2D eigenvalue weighted by molar-refractivity contribution is -0.121. The average molecular weight is 294 g/mol. The second kappa shape index (κ2) is 8.39. The summed E-state index contributed by atoms with van der Waals surface area (Å²) in [4.78, 5) is 25.8. The largest absolute Gasteiger partial charge is 0.355 e. The van der Waals surface area contributed by atoms with Gasteiger partial charge in [-0.25, -0.2) is 4.39 Å². The van der Waals surface area contributed by atoms with Crippen molar-refractivity contribution in [2.75, 3.05) is 19.6 Å². The molecule has 0 saturated carbocycles. The van der Waals surface area contributed by atoms with Gasteiger partial charge in [-0.2, -0.15) is 0 Å². The number of amides is 2. The molecule has 2 amide bonds. The topological polar surface area (TPSA) is 49.4 Å². The predicted molar refractivity (Wildman–Crippen MR) is 80.6 cm³/mol. The molecule has 21 heavy (non-hydrogen) atoms. The lowest BCUT2D eigenvalue weighted by atomic mass is 10.1. The smallest absolute Gasteiger partial charge is 0.254 e. The van der Waals surface area contributed by atoms with Gasteiger partial charge in [-0.1, -0.05) is 13.8 Å². The minimum atomic E-state index is -0.369. The molecule has 0 aliphatic rings. The molecule has 0 spiro atoms. The highest BCUT2D eigenvalue weighted by Crippen LogP contribution is 2.13. The molecule has 0 unspecified atom stereocenters. The van der Waals surface area contributed by atoms with Crippen molar-refractivity contribution in [1.82, 2.24) is 10.2 Å². The van der Waals surface area contributed by atoms with Gasteiger partial charge in [0.05, 0.1) is 6.54 Å². The van der Waals surface area contributed by atoms with Crippen LogP contribution in [0.3, 0.4) is 0 Å². The number of hydrogen-bond acceptors (Lipinski definition) is 2. The number of carbonyl (C=O) groups is 2. The van der Waals surface area contributed by atoms with Crippen LogP contribution in [-0.2, 0) is 4.79 Å². The number of aryl methyl sites for hydroxylation is 1. The Labute approximate surface area is 125 Å². The van der Waals surface area contributed by atoms with Crippen LogP contribution in [0.25, 0.3) is 0 Å². The van der Waals surface area contributed by atoms with Crippen LogP contribution in [0.15, 0.2) is 18.2 Å². The number of nitrogens with one attached hydrogen (secondary N) is 1. The molecule has 0 aliphatic heterocycles. The van der Waals surface area contributed by atoms with Crippen molar-refractivity contribution in [1.29, 1.82) is 0 Å². The van der Waals surface area contributed by atoms with Gasteiger partial charge in [0.2, 0.25) is 5.91 Å². The minimum Gasteiger partial charge on any atom is -0.355 e. The molecule has 0 saturated heterocycles. The summed E-state index contributed by atoms with van der Waals surface area (Å²) in [5.41, 5.74) is 1.02. The third-order valence-electron chi connectivity index (χ3n) is 3.11. The summed E-state index contributed by atoms with van der Waals surface area (Å²) in [6.07, 6.45) is 1.61. The van der Waals surface area contributed by atoms with E-state index in [4.69, 9.17) is 0 Å². The van der Waals surface area contributed by atoms with Gasteiger partial charge in [0.25, 0.3) is 5.91 Å². The Kier molecular flexibility index (Phi) is 6.85. The first-order valence-corrected chi connectivity index (χ1v) is 7.31. The van der Waals surface area contributed by atoms with E-state index >= 15 is 0 Å². The molecule has 1 rings (SSSR count). The SMILES string of the molecule is CCCNC(=O)CN(CCC)C(=O)c1ccc(F)cc1C. The highest BCUT2D eigenvalue weighted by molar-refractivity contribution is 5.97. The van der Waals surface area contributed by atoms with Crippen LogP contribution in [-0.4, -0.2) is 36.3 Å². The monoisotopic (exact) mass is 294 g/mol. The normalized spacial score (nSPS) is 10.3. The predicted octanol–water partition coefficient (Wildman–Crippen LogP) is 2.51. The van der Waals surface area contributed by atoms with Crippen LogP contribution in [0.5, 0.6) is 0 Å². The Balaban J connectivity index is 2.83. The third-order valence-corrected chi connectivity index (χ3v) is 3.11. The molecule has 1 aromatic carbocycles. The fourth-order valence-corrected chi connectivity index (χ4v) is 2.05. The Morgan fingerprint density at radius 3 is 2.52 bits per heavy atom. The van der Waals surface area contributed by atoms with Crippen molar-refractivity contribution >= 4 is 11.8 Å². The number of hydrogen-bond donors (Lipinski definition) is 1. The Morgan fingerprint density at radius 2 is 1.95 bits per heavy atom. The zero-order chi connectivity index (χ0) is 15.8. The van der Waals surface area contributed by atoms with E-state index < -0.39 is 0 Å². The van der Waals surface area contributed by atoms with E-state index in [1.807, 2.05) is 13.8 Å². The molecular weight excluding hydrogens is 271 g/mol. The van der Waals surface area contributed by atoms with Crippen LogP contribution < -0.4 is 5.32 Å². The highest BCUT2D eigenvalue weighted by Gasteiger charge is 2.19. The Morgan fingerprint density at radius 1 is 1.24 bits per heavy atom. The van der Waals surface area contributed by atoms with E-state index in [0.29, 0.717) is 24.2 Å². The first-order valence-electron chi connectivity index (χ1n) is 7.31. The molecule has 1 N–H and O–H groups in total. The number of rotatable bonds is 7. The molecule has 116 valence electrons. The molecular formula is C16H23FN2O2. The van der Waals surface area contributed by atoms with Crippen molar-refractivity contribution in [2.24, 2.45) is 0 Å². The van der Waals surface area contributed by atoms with Crippen LogP contribution in [0.4, 0.5) is 4.39 Å². The van der Waals surface area contributed by atoms with Gasteiger partial charge in [-0.3, -0.25) is 9.59 Å². The van der Waals surface area contributed by atoms with E-state index in [-0.39, 0.29) is 24.2 Å². The van der Waals surface area contributed by atoms with Crippen LogP contribution >= 0.6 is 0 Å². The van der Waals surface area contributed by atoms with Crippen molar-refractivity contribution in [3.8, 4) is 0 Å². The molecule has 4 nitrogen and oxygen atoms in total. The van der Waals surface area contributed by atoms with Gasteiger partial charge >= 0.3 is 0 Å². The molecule has 1 aromatic rings. The zero-order valence-electron chi connectivity index (χ0n) is 12.9. The van der Waals surface area contributed by atoms with Gasteiger partial charge in [-0.15, -0.1) is 0 Å². The van der Waals surface area contributed by atoms with Crippen molar-refractivity contribution in [2.45, 2.75) is 33.6 Å². The van der Waals surface area contributed by atoms with Gasteiger partial charge in [-0.05, 0) is 43.5 Å². The van der Waals surface area contributed by atoms with E-state index in [1.54, 1.807) is 6.92 Å². The Bertz CT molecular complexity index is 503. The standard InChI is InChI=1S/C16H23FN2O2/c1-4-8-18-15(20)11-19(9-5-2)16(21)14-7-6-13(17)10-12(14)3/h6-7,10H,4-5,8-9,11H2,1-3H3,(H,18,20). The van der Waals surface area contributed by atoms with Crippen molar-refractivity contribution in [3.05, 3.63) is 35.1 Å². The van der Waals surface area contributed by atoms with Crippen molar-refractivity contribution in [3.63, 3.8) is 0 Å². The maximum absolute atomic E-state index is 13.1. The maximum atomic E-state index is 13.1. The molecule has 0 radical (unpaired) electrons. The first kappa shape index (κ1) is 17.1. The minimum absolute atomic E-state index is 0.0312. The lowest BCUT2D eigenvalue weighted by Crippen LogP contribution is -2.41. The summed E-state index contributed by atoms with van der Waals surface area (Å²) in [6.45, 7) is 6.73. The average Bonchev–Trinajstić information content (AvgIpc) is 2.44. The van der Waals surface area contributed by atoms with E-state index in [2.05, 4.69) is 5.32 Å². The number of nitrogens with zero attached hydrogens (tertiary/aromatic N) is 1. The maximum Gasteiger partial charge on any atom is 0.254 e. The molecule has 5 heteroatoms. The summed E-state index contributed by atoms with van der Waals surface area (Å²) < 4.78 is 13.1. The van der Waals surface area contributed by atoms with E-state index in [9.17, 15) is 14.0 Å².